The Balaban J connectivity index is 1.16. The van der Waals surface area contributed by atoms with E-state index >= 15 is 0 Å². The SMILES string of the molecule is O=C(OCCOCCOCCOCCOCCOC(=O)c1ccccc1Nc1cccc(C(F)(F)F)c1)C(=O)c1ccccc1. The van der Waals surface area contributed by atoms with E-state index in [1.54, 1.807) is 36.4 Å². The molecule has 1 N–H and O–H groups in total. The first-order chi connectivity index (χ1) is 21.8. The van der Waals surface area contributed by atoms with Crippen molar-refractivity contribution in [1.82, 2.24) is 0 Å². The maximum Gasteiger partial charge on any atom is 0.416 e. The molecule has 0 fully saturated rings. The largest absolute Gasteiger partial charge is 0.460 e. The number of Topliss-reactive ketones (excluding diaryl/α,β-unsaturated/α-hetero) is 1. The average molecular weight is 634 g/mol. The molecule has 0 unspecified atom stereocenters. The number of hydrogen-bond donors (Lipinski definition) is 1. The van der Waals surface area contributed by atoms with Crippen molar-refractivity contribution < 1.29 is 56.0 Å². The third-order valence-electron chi connectivity index (χ3n) is 5.87. The molecule has 0 aromatic heterocycles. The molecular formula is C32H34F3NO9. The first kappa shape index (κ1) is 35.2. The van der Waals surface area contributed by atoms with Crippen LogP contribution in [0, 0.1) is 0 Å². The maximum atomic E-state index is 13.0. The van der Waals surface area contributed by atoms with Crippen molar-refractivity contribution in [2.24, 2.45) is 0 Å². The third-order valence-corrected chi connectivity index (χ3v) is 5.87. The highest BCUT2D eigenvalue weighted by molar-refractivity contribution is 6.40. The summed E-state index contributed by atoms with van der Waals surface area (Å²) in [4.78, 5) is 36.2. The lowest BCUT2D eigenvalue weighted by Gasteiger charge is -2.13. The molecule has 0 aliphatic heterocycles. The number of nitrogens with one attached hydrogen (secondary N) is 1. The minimum atomic E-state index is -4.49. The van der Waals surface area contributed by atoms with Crippen molar-refractivity contribution >= 4 is 29.1 Å². The first-order valence-corrected chi connectivity index (χ1v) is 14.0. The van der Waals surface area contributed by atoms with E-state index in [2.05, 4.69) is 5.32 Å². The van der Waals surface area contributed by atoms with Crippen LogP contribution < -0.4 is 5.32 Å². The number of carbonyl (C=O) groups is 3. The number of benzene rings is 3. The minimum Gasteiger partial charge on any atom is -0.460 e. The lowest BCUT2D eigenvalue weighted by atomic mass is 10.1. The molecular weight excluding hydrogens is 599 g/mol. The summed E-state index contributed by atoms with van der Waals surface area (Å²) in [6.07, 6.45) is -4.49. The Hall–Kier alpha value is -4.30. The lowest BCUT2D eigenvalue weighted by Crippen LogP contribution is -2.20. The van der Waals surface area contributed by atoms with E-state index in [9.17, 15) is 27.6 Å². The summed E-state index contributed by atoms with van der Waals surface area (Å²) < 4.78 is 70.6. The van der Waals surface area contributed by atoms with E-state index in [1.807, 2.05) is 0 Å². The smallest absolute Gasteiger partial charge is 0.416 e. The molecule has 0 aliphatic carbocycles. The molecule has 0 bridgehead atoms. The average Bonchev–Trinajstić information content (AvgIpc) is 3.04. The number of halogens is 3. The van der Waals surface area contributed by atoms with Crippen LogP contribution in [-0.4, -0.2) is 83.8 Å². The summed E-state index contributed by atoms with van der Waals surface area (Å²) in [6, 6.07) is 19.2. The van der Waals surface area contributed by atoms with Crippen molar-refractivity contribution in [2.75, 3.05) is 71.4 Å². The summed E-state index contributed by atoms with van der Waals surface area (Å²) >= 11 is 0. The van der Waals surface area contributed by atoms with E-state index in [1.165, 1.54) is 30.3 Å². The minimum absolute atomic E-state index is 0.0254. The van der Waals surface area contributed by atoms with Crippen molar-refractivity contribution in [3.05, 3.63) is 95.6 Å². The first-order valence-electron chi connectivity index (χ1n) is 14.0. The number of hydrogen-bond acceptors (Lipinski definition) is 10. The van der Waals surface area contributed by atoms with Crippen LogP contribution in [0.4, 0.5) is 24.5 Å². The fourth-order valence-electron chi connectivity index (χ4n) is 3.70. The highest BCUT2D eigenvalue weighted by Crippen LogP contribution is 2.32. The van der Waals surface area contributed by atoms with Crippen LogP contribution in [0.15, 0.2) is 78.9 Å². The van der Waals surface area contributed by atoms with Gasteiger partial charge >= 0.3 is 18.1 Å². The fraction of sp³-hybridized carbons (Fsp3) is 0.344. The number of carbonyl (C=O) groups excluding carboxylic acids is 3. The highest BCUT2D eigenvalue weighted by atomic mass is 19.4. The Morgan fingerprint density at radius 2 is 1.13 bits per heavy atom. The van der Waals surface area contributed by atoms with Gasteiger partial charge in [0, 0.05) is 11.3 Å². The molecule has 13 heteroatoms. The topological polar surface area (TPSA) is 119 Å². The van der Waals surface area contributed by atoms with Gasteiger partial charge in [0.05, 0.1) is 69.7 Å². The van der Waals surface area contributed by atoms with E-state index < -0.39 is 29.5 Å². The van der Waals surface area contributed by atoms with Crippen molar-refractivity contribution in [3.8, 4) is 0 Å². The lowest BCUT2D eigenvalue weighted by molar-refractivity contribution is -0.140. The number of rotatable bonds is 20. The van der Waals surface area contributed by atoms with Crippen LogP contribution in [0.3, 0.4) is 0 Å². The second-order valence-electron chi connectivity index (χ2n) is 9.17. The van der Waals surface area contributed by atoms with Gasteiger partial charge in [0.2, 0.25) is 0 Å². The van der Waals surface area contributed by atoms with Gasteiger partial charge in [-0.1, -0.05) is 48.5 Å². The number of para-hydroxylation sites is 1. The number of esters is 2. The third kappa shape index (κ3) is 13.1. The van der Waals surface area contributed by atoms with E-state index in [0.717, 1.165) is 12.1 Å². The molecule has 0 heterocycles. The zero-order valence-corrected chi connectivity index (χ0v) is 24.4. The molecule has 0 amide bonds. The molecule has 10 nitrogen and oxygen atoms in total. The molecule has 0 atom stereocenters. The van der Waals surface area contributed by atoms with Crippen LogP contribution in [0.2, 0.25) is 0 Å². The molecule has 0 saturated heterocycles. The van der Waals surface area contributed by atoms with Gasteiger partial charge in [-0.05, 0) is 30.3 Å². The summed E-state index contributed by atoms with van der Waals surface area (Å²) in [5.41, 5.74) is 0.118. The molecule has 3 rings (SSSR count). The Bertz CT molecular complexity index is 1350. The summed E-state index contributed by atoms with van der Waals surface area (Å²) in [5, 5.41) is 2.84. The quantitative estimate of drug-likeness (QED) is 0.0780. The van der Waals surface area contributed by atoms with Gasteiger partial charge < -0.3 is 33.7 Å². The molecule has 0 saturated carbocycles. The molecule has 3 aromatic rings. The van der Waals surface area contributed by atoms with Gasteiger partial charge in [0.15, 0.2) is 0 Å². The Labute approximate surface area is 258 Å². The fourth-order valence-corrected chi connectivity index (χ4v) is 3.70. The van der Waals surface area contributed by atoms with Gasteiger partial charge in [-0.3, -0.25) is 4.79 Å². The molecule has 0 spiro atoms. The number of ether oxygens (including phenoxy) is 6. The standard InChI is InChI=1S/C32H34F3NO9/c33-32(34,35)25-9-6-10-26(23-25)36-28-12-5-4-11-27(28)30(38)44-21-19-42-17-15-40-13-14-41-16-18-43-20-22-45-31(39)29(37)24-7-2-1-3-8-24/h1-12,23,36H,13-22H2. The van der Waals surface area contributed by atoms with Crippen molar-refractivity contribution in [3.63, 3.8) is 0 Å². The molecule has 242 valence electrons. The molecule has 45 heavy (non-hydrogen) atoms. The summed E-state index contributed by atoms with van der Waals surface area (Å²) in [5.74, 6) is -2.29. The van der Waals surface area contributed by atoms with Gasteiger partial charge in [0.25, 0.3) is 5.78 Å². The Kier molecular flexibility index (Phi) is 15.0. The van der Waals surface area contributed by atoms with Crippen LogP contribution >= 0.6 is 0 Å². The number of ketones is 1. The van der Waals surface area contributed by atoms with Crippen molar-refractivity contribution in [2.45, 2.75) is 6.18 Å². The second kappa shape index (κ2) is 19.2. The number of anilines is 2. The van der Waals surface area contributed by atoms with Crippen LogP contribution in [0.1, 0.15) is 26.3 Å². The van der Waals surface area contributed by atoms with Crippen LogP contribution in [0.5, 0.6) is 0 Å². The highest BCUT2D eigenvalue weighted by Gasteiger charge is 2.30. The zero-order chi connectivity index (χ0) is 32.3. The Morgan fingerprint density at radius 1 is 0.600 bits per heavy atom. The van der Waals surface area contributed by atoms with Crippen LogP contribution in [0.25, 0.3) is 0 Å². The van der Waals surface area contributed by atoms with Crippen molar-refractivity contribution in [1.29, 1.82) is 0 Å². The maximum absolute atomic E-state index is 13.0. The molecule has 0 aliphatic rings. The Morgan fingerprint density at radius 3 is 1.73 bits per heavy atom. The van der Waals surface area contributed by atoms with E-state index in [-0.39, 0.29) is 56.5 Å². The molecule has 0 radical (unpaired) electrons. The van der Waals surface area contributed by atoms with E-state index in [0.29, 0.717) is 32.1 Å². The predicted octanol–water partition coefficient (Wildman–Crippen LogP) is 5.10. The van der Waals surface area contributed by atoms with Gasteiger partial charge in [-0.2, -0.15) is 13.2 Å². The van der Waals surface area contributed by atoms with Crippen LogP contribution in [-0.2, 0) is 39.4 Å². The number of alkyl halides is 3. The molecule has 3 aromatic carbocycles. The van der Waals surface area contributed by atoms with Gasteiger partial charge in [-0.15, -0.1) is 0 Å². The van der Waals surface area contributed by atoms with Gasteiger partial charge in [0.1, 0.15) is 13.2 Å². The second-order valence-corrected chi connectivity index (χ2v) is 9.17. The normalized spacial score (nSPS) is 11.2. The van der Waals surface area contributed by atoms with E-state index in [4.69, 9.17) is 28.4 Å². The monoisotopic (exact) mass is 633 g/mol. The predicted molar refractivity (Wildman–Crippen MR) is 156 cm³/mol. The summed E-state index contributed by atoms with van der Waals surface area (Å²) in [6.45, 7) is 1.98. The zero-order valence-electron chi connectivity index (χ0n) is 24.4. The summed E-state index contributed by atoms with van der Waals surface area (Å²) in [7, 11) is 0. The van der Waals surface area contributed by atoms with Gasteiger partial charge in [-0.25, -0.2) is 9.59 Å².